The third-order valence-corrected chi connectivity index (χ3v) is 2.98. The summed E-state index contributed by atoms with van der Waals surface area (Å²) in [4.78, 5) is 4.29. The standard InChI is InChI=1S/C11H17N3/c1-7-6-13-10(4-8(7)12)14-9-5-11(9,2)3/h4,6,9H,5H2,1-3H3,(H3,12,13,14). The maximum absolute atomic E-state index is 5.80. The van der Waals surface area contributed by atoms with Gasteiger partial charge in [0.05, 0.1) is 0 Å². The van der Waals surface area contributed by atoms with E-state index in [2.05, 4.69) is 24.1 Å². The molecule has 0 aliphatic heterocycles. The maximum Gasteiger partial charge on any atom is 0.128 e. The molecule has 76 valence electrons. The van der Waals surface area contributed by atoms with E-state index >= 15 is 0 Å². The first-order chi connectivity index (χ1) is 6.49. The largest absolute Gasteiger partial charge is 0.398 e. The van der Waals surface area contributed by atoms with Crippen LogP contribution in [0.3, 0.4) is 0 Å². The summed E-state index contributed by atoms with van der Waals surface area (Å²) in [5.41, 5.74) is 8.06. The van der Waals surface area contributed by atoms with Crippen LogP contribution in [0.4, 0.5) is 11.5 Å². The fourth-order valence-corrected chi connectivity index (χ4v) is 1.51. The molecule has 1 unspecified atom stereocenters. The average Bonchev–Trinajstić information content (AvgIpc) is 2.67. The minimum absolute atomic E-state index is 0.418. The number of nitrogen functional groups attached to an aromatic ring is 1. The van der Waals surface area contributed by atoms with Crippen LogP contribution in [-0.4, -0.2) is 11.0 Å². The Labute approximate surface area is 84.7 Å². The Bertz CT molecular complexity index is 358. The van der Waals surface area contributed by atoms with E-state index in [-0.39, 0.29) is 0 Å². The van der Waals surface area contributed by atoms with Gasteiger partial charge < -0.3 is 11.1 Å². The zero-order valence-electron chi connectivity index (χ0n) is 8.96. The molecule has 1 fully saturated rings. The fraction of sp³-hybridized carbons (Fsp3) is 0.545. The molecule has 0 saturated heterocycles. The van der Waals surface area contributed by atoms with E-state index in [9.17, 15) is 0 Å². The number of aromatic nitrogens is 1. The molecular weight excluding hydrogens is 174 g/mol. The van der Waals surface area contributed by atoms with Crippen molar-refractivity contribution in [3.8, 4) is 0 Å². The molecular formula is C11H17N3. The maximum atomic E-state index is 5.80. The average molecular weight is 191 g/mol. The lowest BCUT2D eigenvalue weighted by atomic mass is 10.2. The third-order valence-electron chi connectivity index (χ3n) is 2.98. The Morgan fingerprint density at radius 3 is 2.71 bits per heavy atom. The van der Waals surface area contributed by atoms with E-state index in [1.807, 2.05) is 19.2 Å². The van der Waals surface area contributed by atoms with Gasteiger partial charge in [-0.3, -0.25) is 0 Å². The number of rotatable bonds is 2. The zero-order chi connectivity index (χ0) is 10.3. The highest BCUT2D eigenvalue weighted by Crippen LogP contribution is 2.46. The molecule has 1 heterocycles. The van der Waals surface area contributed by atoms with Crippen molar-refractivity contribution in [3.05, 3.63) is 17.8 Å². The van der Waals surface area contributed by atoms with Crippen LogP contribution in [0.5, 0.6) is 0 Å². The van der Waals surface area contributed by atoms with Crippen LogP contribution < -0.4 is 11.1 Å². The molecule has 1 aliphatic rings. The van der Waals surface area contributed by atoms with Gasteiger partial charge in [0.2, 0.25) is 0 Å². The van der Waals surface area contributed by atoms with Gasteiger partial charge in [0, 0.05) is 24.0 Å². The van der Waals surface area contributed by atoms with E-state index in [0.29, 0.717) is 11.5 Å². The second-order valence-electron chi connectivity index (χ2n) is 4.82. The number of nitrogens with two attached hydrogens (primary N) is 1. The number of hydrogen-bond donors (Lipinski definition) is 2. The summed E-state index contributed by atoms with van der Waals surface area (Å²) < 4.78 is 0. The van der Waals surface area contributed by atoms with E-state index in [4.69, 9.17) is 5.73 Å². The van der Waals surface area contributed by atoms with Crippen LogP contribution >= 0.6 is 0 Å². The Hall–Kier alpha value is -1.25. The van der Waals surface area contributed by atoms with Crippen LogP contribution in [0, 0.1) is 12.3 Å². The van der Waals surface area contributed by atoms with Crippen molar-refractivity contribution in [1.82, 2.24) is 4.98 Å². The van der Waals surface area contributed by atoms with Crippen LogP contribution in [0.25, 0.3) is 0 Å². The predicted molar refractivity (Wildman–Crippen MR) is 59.2 cm³/mol. The summed E-state index contributed by atoms with van der Waals surface area (Å²) >= 11 is 0. The van der Waals surface area contributed by atoms with Crippen molar-refractivity contribution in [2.45, 2.75) is 33.2 Å². The molecule has 1 aliphatic carbocycles. The second kappa shape index (κ2) is 2.87. The minimum Gasteiger partial charge on any atom is -0.398 e. The molecule has 3 heteroatoms. The van der Waals surface area contributed by atoms with Crippen LogP contribution in [0.1, 0.15) is 25.8 Å². The molecule has 0 radical (unpaired) electrons. The van der Waals surface area contributed by atoms with Gasteiger partial charge in [0.15, 0.2) is 0 Å². The molecule has 0 aromatic carbocycles. The summed E-state index contributed by atoms with van der Waals surface area (Å²) in [6, 6.07) is 2.46. The van der Waals surface area contributed by atoms with Gasteiger partial charge in [-0.15, -0.1) is 0 Å². The molecule has 1 aromatic rings. The summed E-state index contributed by atoms with van der Waals surface area (Å²) in [7, 11) is 0. The minimum atomic E-state index is 0.418. The van der Waals surface area contributed by atoms with Crippen molar-refractivity contribution in [2.24, 2.45) is 5.41 Å². The smallest absolute Gasteiger partial charge is 0.128 e. The van der Waals surface area contributed by atoms with Crippen LogP contribution in [-0.2, 0) is 0 Å². The van der Waals surface area contributed by atoms with Gasteiger partial charge in [-0.1, -0.05) is 13.8 Å². The van der Waals surface area contributed by atoms with Gasteiger partial charge in [-0.25, -0.2) is 4.98 Å². The second-order valence-corrected chi connectivity index (χ2v) is 4.82. The van der Waals surface area contributed by atoms with Crippen LogP contribution in [0.2, 0.25) is 0 Å². The molecule has 3 nitrogen and oxygen atoms in total. The summed E-state index contributed by atoms with van der Waals surface area (Å²) in [6.07, 6.45) is 3.02. The van der Waals surface area contributed by atoms with Gasteiger partial charge in [-0.2, -0.15) is 0 Å². The SMILES string of the molecule is Cc1cnc(NC2CC2(C)C)cc1N. The van der Waals surface area contributed by atoms with Crippen LogP contribution in [0.15, 0.2) is 12.3 Å². The first-order valence-electron chi connectivity index (χ1n) is 4.98. The summed E-state index contributed by atoms with van der Waals surface area (Å²) in [6.45, 7) is 6.47. The van der Waals surface area contributed by atoms with Gasteiger partial charge >= 0.3 is 0 Å². The first kappa shape index (κ1) is 9.31. The Morgan fingerprint density at radius 2 is 2.21 bits per heavy atom. The molecule has 0 amide bonds. The van der Waals surface area contributed by atoms with E-state index in [0.717, 1.165) is 17.1 Å². The normalized spacial score (nSPS) is 23.2. The van der Waals surface area contributed by atoms with Gasteiger partial charge in [0.1, 0.15) is 5.82 Å². The number of aryl methyl sites for hydroxylation is 1. The Morgan fingerprint density at radius 1 is 1.57 bits per heavy atom. The summed E-state index contributed by atoms with van der Waals surface area (Å²) in [5.74, 6) is 0.892. The lowest BCUT2D eigenvalue weighted by molar-refractivity contribution is 0.630. The van der Waals surface area contributed by atoms with Crippen molar-refractivity contribution < 1.29 is 0 Å². The van der Waals surface area contributed by atoms with E-state index in [1.165, 1.54) is 6.42 Å². The zero-order valence-corrected chi connectivity index (χ0v) is 8.96. The number of nitrogens with one attached hydrogen (secondary N) is 1. The van der Waals surface area contributed by atoms with Gasteiger partial charge in [-0.05, 0) is 24.3 Å². The highest BCUT2D eigenvalue weighted by Gasteiger charge is 2.45. The molecule has 2 rings (SSSR count). The molecule has 1 aromatic heterocycles. The number of hydrogen-bond acceptors (Lipinski definition) is 3. The number of anilines is 2. The molecule has 1 atom stereocenters. The van der Waals surface area contributed by atoms with E-state index < -0.39 is 0 Å². The quantitative estimate of drug-likeness (QED) is 0.753. The lowest BCUT2D eigenvalue weighted by Crippen LogP contribution is -2.10. The Balaban J connectivity index is 2.08. The molecule has 0 spiro atoms. The predicted octanol–water partition coefficient (Wildman–Crippen LogP) is 2.18. The van der Waals surface area contributed by atoms with Crippen molar-refractivity contribution in [2.75, 3.05) is 11.1 Å². The lowest BCUT2D eigenvalue weighted by Gasteiger charge is -2.08. The van der Waals surface area contributed by atoms with Crippen molar-refractivity contribution in [3.63, 3.8) is 0 Å². The van der Waals surface area contributed by atoms with Gasteiger partial charge in [0.25, 0.3) is 0 Å². The Kier molecular flexibility index (Phi) is 1.91. The van der Waals surface area contributed by atoms with Crippen molar-refractivity contribution >= 4 is 11.5 Å². The molecule has 3 N–H and O–H groups in total. The topological polar surface area (TPSA) is 50.9 Å². The third kappa shape index (κ3) is 1.67. The highest BCUT2D eigenvalue weighted by atomic mass is 15.1. The van der Waals surface area contributed by atoms with E-state index in [1.54, 1.807) is 0 Å². The van der Waals surface area contributed by atoms with Crippen molar-refractivity contribution in [1.29, 1.82) is 0 Å². The molecule has 14 heavy (non-hydrogen) atoms. The molecule has 0 bridgehead atoms. The number of nitrogens with zero attached hydrogens (tertiary/aromatic N) is 1. The summed E-state index contributed by atoms with van der Waals surface area (Å²) in [5, 5.41) is 3.38. The first-order valence-corrected chi connectivity index (χ1v) is 4.98. The molecule has 1 saturated carbocycles. The highest BCUT2D eigenvalue weighted by molar-refractivity contribution is 5.54. The monoisotopic (exact) mass is 191 g/mol. The number of pyridine rings is 1. The fourth-order valence-electron chi connectivity index (χ4n) is 1.51.